The van der Waals surface area contributed by atoms with Gasteiger partial charge in [0.05, 0.1) is 5.60 Å². The lowest BCUT2D eigenvalue weighted by molar-refractivity contribution is 0.0167. The molecule has 104 valence electrons. The van der Waals surface area contributed by atoms with E-state index < -0.39 is 5.60 Å². The van der Waals surface area contributed by atoms with E-state index in [0.29, 0.717) is 13.1 Å². The highest BCUT2D eigenvalue weighted by atomic mass is 16.3. The monoisotopic (exact) mass is 260 g/mol. The van der Waals surface area contributed by atoms with Crippen LogP contribution in [0.15, 0.2) is 30.3 Å². The van der Waals surface area contributed by atoms with Crippen molar-refractivity contribution in [2.75, 3.05) is 18.4 Å². The van der Waals surface area contributed by atoms with Crippen molar-refractivity contribution >= 4 is 11.8 Å². The van der Waals surface area contributed by atoms with Gasteiger partial charge >= 0.3 is 0 Å². The Hall–Kier alpha value is -1.32. The molecule has 0 spiro atoms. The second kappa shape index (κ2) is 6.73. The molecule has 0 saturated heterocycles. The van der Waals surface area contributed by atoms with Crippen LogP contribution < -0.4 is 11.1 Å². The van der Waals surface area contributed by atoms with Gasteiger partial charge in [0.1, 0.15) is 0 Å². The van der Waals surface area contributed by atoms with Gasteiger partial charge in [0.2, 0.25) is 0 Å². The number of aliphatic hydroxyl groups is 1. The highest BCUT2D eigenvalue weighted by Crippen LogP contribution is 2.28. The van der Waals surface area contributed by atoms with Crippen molar-refractivity contribution in [2.24, 2.45) is 5.73 Å². The summed E-state index contributed by atoms with van der Waals surface area (Å²) in [6.07, 6.45) is 9.30. The first-order chi connectivity index (χ1) is 9.22. The van der Waals surface area contributed by atoms with Gasteiger partial charge in [-0.3, -0.25) is 0 Å². The quantitative estimate of drug-likeness (QED) is 0.763. The minimum absolute atomic E-state index is 0.526. The third-order valence-corrected chi connectivity index (χ3v) is 3.74. The Kier molecular flexibility index (Phi) is 5.00. The minimum Gasteiger partial charge on any atom is -0.388 e. The van der Waals surface area contributed by atoms with Crippen molar-refractivity contribution in [3.8, 4) is 0 Å². The molecule has 19 heavy (non-hydrogen) atoms. The van der Waals surface area contributed by atoms with Crippen molar-refractivity contribution in [1.82, 2.24) is 0 Å². The molecule has 3 nitrogen and oxygen atoms in total. The number of benzene rings is 1. The lowest BCUT2D eigenvalue weighted by Crippen LogP contribution is -2.38. The average Bonchev–Trinajstić information content (AvgIpc) is 2.44. The highest BCUT2D eigenvalue weighted by molar-refractivity contribution is 5.57. The van der Waals surface area contributed by atoms with Crippen molar-refractivity contribution in [3.05, 3.63) is 35.9 Å². The number of nitrogens with one attached hydrogen (secondary N) is 1. The zero-order valence-electron chi connectivity index (χ0n) is 11.4. The standard InChI is InChI=1S/C16H24N2O/c17-11-5-7-14-6-4-8-15(12-14)18-13-16(19)9-2-1-3-10-16/h4-8,12,18-19H,1-3,9-11,13,17H2. The summed E-state index contributed by atoms with van der Waals surface area (Å²) in [6.45, 7) is 1.19. The Labute approximate surface area is 115 Å². The van der Waals surface area contributed by atoms with E-state index in [1.165, 1.54) is 6.42 Å². The van der Waals surface area contributed by atoms with Gasteiger partial charge in [0.15, 0.2) is 0 Å². The van der Waals surface area contributed by atoms with Crippen LogP contribution in [0.5, 0.6) is 0 Å². The van der Waals surface area contributed by atoms with Crippen LogP contribution in [0.2, 0.25) is 0 Å². The average molecular weight is 260 g/mol. The maximum Gasteiger partial charge on any atom is 0.0819 e. The summed E-state index contributed by atoms with van der Waals surface area (Å²) in [5, 5.41) is 13.8. The molecule has 0 bridgehead atoms. The summed E-state index contributed by atoms with van der Waals surface area (Å²) in [7, 11) is 0. The lowest BCUT2D eigenvalue weighted by atomic mass is 9.85. The second-order valence-corrected chi connectivity index (χ2v) is 5.40. The predicted molar refractivity (Wildman–Crippen MR) is 81.1 cm³/mol. The number of nitrogens with two attached hydrogens (primary N) is 1. The van der Waals surface area contributed by atoms with E-state index in [2.05, 4.69) is 11.4 Å². The molecule has 1 aliphatic carbocycles. The van der Waals surface area contributed by atoms with Gasteiger partial charge in [-0.25, -0.2) is 0 Å². The summed E-state index contributed by atoms with van der Waals surface area (Å²) in [5.74, 6) is 0. The van der Waals surface area contributed by atoms with Crippen molar-refractivity contribution in [1.29, 1.82) is 0 Å². The first-order valence-corrected chi connectivity index (χ1v) is 7.15. The van der Waals surface area contributed by atoms with Crippen LogP contribution in [0.4, 0.5) is 5.69 Å². The summed E-state index contributed by atoms with van der Waals surface area (Å²) in [4.78, 5) is 0. The van der Waals surface area contributed by atoms with E-state index in [-0.39, 0.29) is 0 Å². The van der Waals surface area contributed by atoms with Gasteiger partial charge in [-0.1, -0.05) is 43.5 Å². The van der Waals surface area contributed by atoms with Gasteiger partial charge < -0.3 is 16.2 Å². The molecule has 0 unspecified atom stereocenters. The van der Waals surface area contributed by atoms with Gasteiger partial charge in [-0.05, 0) is 30.5 Å². The fraction of sp³-hybridized carbons (Fsp3) is 0.500. The van der Waals surface area contributed by atoms with Gasteiger partial charge in [-0.2, -0.15) is 0 Å². The zero-order chi connectivity index (χ0) is 13.6. The zero-order valence-corrected chi connectivity index (χ0v) is 11.4. The number of hydrogen-bond acceptors (Lipinski definition) is 3. The molecule has 0 aliphatic heterocycles. The smallest absolute Gasteiger partial charge is 0.0819 e. The topological polar surface area (TPSA) is 58.3 Å². The summed E-state index contributed by atoms with van der Waals surface area (Å²) >= 11 is 0. The SMILES string of the molecule is NCC=Cc1cccc(NCC2(O)CCCCC2)c1. The minimum atomic E-state index is -0.526. The van der Waals surface area contributed by atoms with Gasteiger partial charge in [0.25, 0.3) is 0 Å². The van der Waals surface area contributed by atoms with Crippen LogP contribution in [0.25, 0.3) is 6.08 Å². The first-order valence-electron chi connectivity index (χ1n) is 7.15. The van der Waals surface area contributed by atoms with E-state index in [1.807, 2.05) is 30.4 Å². The maximum absolute atomic E-state index is 10.5. The fourth-order valence-electron chi connectivity index (χ4n) is 2.61. The molecule has 0 radical (unpaired) electrons. The third-order valence-electron chi connectivity index (χ3n) is 3.74. The summed E-state index contributed by atoms with van der Waals surface area (Å²) in [5.41, 5.74) is 7.11. The molecule has 3 heteroatoms. The van der Waals surface area contributed by atoms with E-state index >= 15 is 0 Å². The number of rotatable bonds is 5. The van der Waals surface area contributed by atoms with Crippen molar-refractivity contribution in [3.63, 3.8) is 0 Å². The van der Waals surface area contributed by atoms with Crippen molar-refractivity contribution < 1.29 is 5.11 Å². The Bertz CT molecular complexity index is 423. The van der Waals surface area contributed by atoms with E-state index in [1.54, 1.807) is 0 Å². The summed E-state index contributed by atoms with van der Waals surface area (Å²) in [6, 6.07) is 8.18. The maximum atomic E-state index is 10.5. The molecule has 1 aromatic rings. The van der Waals surface area contributed by atoms with E-state index in [9.17, 15) is 5.11 Å². The van der Waals surface area contributed by atoms with Gasteiger partial charge in [-0.15, -0.1) is 0 Å². The lowest BCUT2D eigenvalue weighted by Gasteiger charge is -2.32. The molecule has 4 N–H and O–H groups in total. The van der Waals surface area contributed by atoms with Crippen LogP contribution in [-0.4, -0.2) is 23.8 Å². The molecule has 1 aliphatic rings. The molecule has 0 aromatic heterocycles. The van der Waals surface area contributed by atoms with Crippen LogP contribution in [-0.2, 0) is 0 Å². The molecule has 2 rings (SSSR count). The summed E-state index contributed by atoms with van der Waals surface area (Å²) < 4.78 is 0. The molecule has 0 atom stereocenters. The second-order valence-electron chi connectivity index (χ2n) is 5.40. The Morgan fingerprint density at radius 1 is 1.26 bits per heavy atom. The molecule has 0 amide bonds. The molecule has 0 heterocycles. The molecule has 1 aromatic carbocycles. The van der Waals surface area contributed by atoms with Crippen LogP contribution >= 0.6 is 0 Å². The molecular formula is C16H24N2O. The Morgan fingerprint density at radius 3 is 2.79 bits per heavy atom. The predicted octanol–water partition coefficient (Wildman–Crippen LogP) is 2.77. The Morgan fingerprint density at radius 2 is 2.05 bits per heavy atom. The number of anilines is 1. The molecular weight excluding hydrogens is 236 g/mol. The van der Waals surface area contributed by atoms with Gasteiger partial charge in [0, 0.05) is 18.8 Å². The van der Waals surface area contributed by atoms with Crippen LogP contribution in [0.3, 0.4) is 0 Å². The molecule has 1 saturated carbocycles. The van der Waals surface area contributed by atoms with Crippen LogP contribution in [0.1, 0.15) is 37.7 Å². The Balaban J connectivity index is 1.93. The normalized spacial score (nSPS) is 18.6. The fourth-order valence-corrected chi connectivity index (χ4v) is 2.61. The number of hydrogen-bond donors (Lipinski definition) is 3. The third kappa shape index (κ3) is 4.37. The highest BCUT2D eigenvalue weighted by Gasteiger charge is 2.28. The van der Waals surface area contributed by atoms with Crippen LogP contribution in [0, 0.1) is 0 Å². The molecule has 1 fully saturated rings. The van der Waals surface area contributed by atoms with E-state index in [4.69, 9.17) is 5.73 Å². The van der Waals surface area contributed by atoms with Crippen molar-refractivity contribution in [2.45, 2.75) is 37.7 Å². The van der Waals surface area contributed by atoms with E-state index in [0.717, 1.165) is 36.9 Å². The largest absolute Gasteiger partial charge is 0.388 e. The first kappa shape index (κ1) is 14.1.